The normalized spacial score (nSPS) is 10.6. The molecule has 0 unspecified atom stereocenters. The molecule has 10 nitrogen and oxygen atoms in total. The summed E-state index contributed by atoms with van der Waals surface area (Å²) >= 11 is 7.31. The second kappa shape index (κ2) is 10.9. The smallest absolute Gasteiger partial charge is 0.270 e. The average molecular weight is 489 g/mol. The highest BCUT2D eigenvalue weighted by Crippen LogP contribution is 2.21. The van der Waals surface area contributed by atoms with Crippen molar-refractivity contribution in [2.45, 2.75) is 32.1 Å². The number of benzene rings is 2. The minimum atomic E-state index is -0.558. The standard InChI is InChI=1S/C21H21ClN6O4S/c1-3-27-18(11-23-20(30)14-5-4-6-16(9-14)28(31)32)25-26-21(27)33-12-19(29)24-15-8-7-13(2)17(22)10-15/h4-10H,3,11-12H2,1-2H3,(H,23,30)(H,24,29). The molecule has 0 spiro atoms. The lowest BCUT2D eigenvalue weighted by Gasteiger charge is -2.09. The molecule has 0 fully saturated rings. The maximum Gasteiger partial charge on any atom is 0.270 e. The largest absolute Gasteiger partial charge is 0.345 e. The van der Waals surface area contributed by atoms with Crippen LogP contribution in [0.25, 0.3) is 0 Å². The lowest BCUT2D eigenvalue weighted by atomic mass is 10.2. The van der Waals surface area contributed by atoms with Crippen LogP contribution in [0.3, 0.4) is 0 Å². The molecule has 0 atom stereocenters. The summed E-state index contributed by atoms with van der Waals surface area (Å²) in [7, 11) is 0. The molecule has 2 aromatic carbocycles. The number of carbonyl (C=O) groups excluding carboxylic acids is 2. The number of carbonyl (C=O) groups is 2. The third-order valence-electron chi connectivity index (χ3n) is 4.62. The van der Waals surface area contributed by atoms with Crippen molar-refractivity contribution >= 4 is 46.6 Å². The number of anilines is 1. The molecule has 0 radical (unpaired) electrons. The molecule has 0 aliphatic heterocycles. The fourth-order valence-electron chi connectivity index (χ4n) is 2.89. The number of halogens is 1. The Morgan fingerprint density at radius 1 is 1.21 bits per heavy atom. The van der Waals surface area contributed by atoms with Crippen LogP contribution in [0.4, 0.5) is 11.4 Å². The van der Waals surface area contributed by atoms with E-state index in [0.717, 1.165) is 5.56 Å². The quantitative estimate of drug-likeness (QED) is 0.265. The number of nitrogens with zero attached hydrogens (tertiary/aromatic N) is 4. The number of nitro groups is 1. The highest BCUT2D eigenvalue weighted by atomic mass is 35.5. The molecule has 0 aliphatic rings. The van der Waals surface area contributed by atoms with Gasteiger partial charge in [0.2, 0.25) is 5.91 Å². The summed E-state index contributed by atoms with van der Waals surface area (Å²) in [5.74, 6) is -0.0609. The van der Waals surface area contributed by atoms with Crippen LogP contribution in [-0.2, 0) is 17.9 Å². The first-order chi connectivity index (χ1) is 15.8. The van der Waals surface area contributed by atoms with Crippen LogP contribution in [0.1, 0.15) is 28.7 Å². The van der Waals surface area contributed by atoms with Gasteiger partial charge in [0, 0.05) is 35.0 Å². The van der Waals surface area contributed by atoms with Gasteiger partial charge in [0.25, 0.3) is 11.6 Å². The van der Waals surface area contributed by atoms with E-state index in [9.17, 15) is 19.7 Å². The molecule has 0 bridgehead atoms. The van der Waals surface area contributed by atoms with Gasteiger partial charge in [-0.1, -0.05) is 35.5 Å². The van der Waals surface area contributed by atoms with Gasteiger partial charge < -0.3 is 15.2 Å². The molecule has 0 aliphatic carbocycles. The zero-order valence-electron chi connectivity index (χ0n) is 17.9. The van der Waals surface area contributed by atoms with Crippen LogP contribution in [0.5, 0.6) is 0 Å². The maximum atomic E-state index is 12.4. The molecule has 3 aromatic rings. The van der Waals surface area contributed by atoms with Crippen LogP contribution in [-0.4, -0.2) is 37.3 Å². The van der Waals surface area contributed by atoms with Gasteiger partial charge in [-0.15, -0.1) is 10.2 Å². The molecular formula is C21H21ClN6O4S. The highest BCUT2D eigenvalue weighted by Gasteiger charge is 2.16. The Kier molecular flexibility index (Phi) is 8.01. The molecule has 12 heteroatoms. The second-order valence-corrected chi connectivity index (χ2v) is 8.28. The first-order valence-electron chi connectivity index (χ1n) is 9.92. The lowest BCUT2D eigenvalue weighted by Crippen LogP contribution is -2.25. The van der Waals surface area contributed by atoms with Crippen molar-refractivity contribution in [2.24, 2.45) is 0 Å². The number of aromatic nitrogens is 3. The van der Waals surface area contributed by atoms with E-state index in [2.05, 4.69) is 20.8 Å². The van der Waals surface area contributed by atoms with Crippen molar-refractivity contribution in [3.05, 3.63) is 74.6 Å². The Labute approximate surface area is 198 Å². The van der Waals surface area contributed by atoms with Crippen LogP contribution in [0, 0.1) is 17.0 Å². The zero-order chi connectivity index (χ0) is 24.0. The van der Waals surface area contributed by atoms with E-state index in [1.165, 1.54) is 36.0 Å². The van der Waals surface area contributed by atoms with Crippen molar-refractivity contribution in [2.75, 3.05) is 11.1 Å². The number of rotatable bonds is 9. The van der Waals surface area contributed by atoms with E-state index >= 15 is 0 Å². The molecule has 0 saturated carbocycles. The minimum Gasteiger partial charge on any atom is -0.345 e. The van der Waals surface area contributed by atoms with Gasteiger partial charge in [0.15, 0.2) is 11.0 Å². The summed E-state index contributed by atoms with van der Waals surface area (Å²) < 4.78 is 1.79. The lowest BCUT2D eigenvalue weighted by molar-refractivity contribution is -0.384. The topological polar surface area (TPSA) is 132 Å². The summed E-state index contributed by atoms with van der Waals surface area (Å²) in [6, 6.07) is 10.8. The summed E-state index contributed by atoms with van der Waals surface area (Å²) in [6.07, 6.45) is 0. The van der Waals surface area contributed by atoms with E-state index in [0.29, 0.717) is 28.2 Å². The van der Waals surface area contributed by atoms with Crippen LogP contribution in [0.15, 0.2) is 47.6 Å². The Hall–Kier alpha value is -3.44. The molecule has 172 valence electrons. The second-order valence-electron chi connectivity index (χ2n) is 6.93. The number of amides is 2. The molecule has 2 amide bonds. The van der Waals surface area contributed by atoms with Crippen LogP contribution in [0.2, 0.25) is 5.02 Å². The number of hydrogen-bond acceptors (Lipinski definition) is 7. The van der Waals surface area contributed by atoms with Gasteiger partial charge in [-0.3, -0.25) is 19.7 Å². The monoisotopic (exact) mass is 488 g/mol. The average Bonchev–Trinajstić information content (AvgIpc) is 3.20. The molecule has 1 heterocycles. The van der Waals surface area contributed by atoms with Crippen LogP contribution < -0.4 is 10.6 Å². The first-order valence-corrected chi connectivity index (χ1v) is 11.3. The fourth-order valence-corrected chi connectivity index (χ4v) is 3.90. The number of non-ortho nitro benzene ring substituents is 1. The number of aryl methyl sites for hydroxylation is 1. The highest BCUT2D eigenvalue weighted by molar-refractivity contribution is 7.99. The van der Waals surface area contributed by atoms with Gasteiger partial charge in [-0.2, -0.15) is 0 Å². The molecule has 3 rings (SSSR count). The summed E-state index contributed by atoms with van der Waals surface area (Å²) in [5.41, 5.74) is 1.54. The van der Waals surface area contributed by atoms with Crippen molar-refractivity contribution in [1.29, 1.82) is 0 Å². The van der Waals surface area contributed by atoms with Gasteiger partial charge in [0.1, 0.15) is 0 Å². The third kappa shape index (κ3) is 6.30. The molecule has 1 aromatic heterocycles. The molecular weight excluding hydrogens is 468 g/mol. The Morgan fingerprint density at radius 2 is 2.00 bits per heavy atom. The van der Waals surface area contributed by atoms with E-state index < -0.39 is 10.8 Å². The van der Waals surface area contributed by atoms with Crippen molar-refractivity contribution in [3.63, 3.8) is 0 Å². The molecule has 0 saturated heterocycles. The summed E-state index contributed by atoms with van der Waals surface area (Å²) in [6.45, 7) is 4.39. The first kappa shape index (κ1) is 24.2. The Balaban J connectivity index is 1.58. The molecule has 33 heavy (non-hydrogen) atoms. The van der Waals surface area contributed by atoms with Gasteiger partial charge >= 0.3 is 0 Å². The minimum absolute atomic E-state index is 0.0803. The van der Waals surface area contributed by atoms with E-state index in [1.54, 1.807) is 16.7 Å². The Morgan fingerprint density at radius 3 is 2.70 bits per heavy atom. The van der Waals surface area contributed by atoms with Gasteiger partial charge in [-0.25, -0.2) is 0 Å². The zero-order valence-corrected chi connectivity index (χ0v) is 19.4. The number of thioether (sulfide) groups is 1. The van der Waals surface area contributed by atoms with E-state index in [-0.39, 0.29) is 29.5 Å². The summed E-state index contributed by atoms with van der Waals surface area (Å²) in [4.78, 5) is 35.0. The Bertz CT molecular complexity index is 1200. The molecule has 2 N–H and O–H groups in total. The van der Waals surface area contributed by atoms with Crippen molar-refractivity contribution in [3.8, 4) is 0 Å². The number of hydrogen-bond donors (Lipinski definition) is 2. The van der Waals surface area contributed by atoms with Crippen molar-refractivity contribution in [1.82, 2.24) is 20.1 Å². The van der Waals surface area contributed by atoms with Crippen molar-refractivity contribution < 1.29 is 14.5 Å². The van der Waals surface area contributed by atoms with Gasteiger partial charge in [-0.05, 0) is 37.6 Å². The predicted molar refractivity (Wildman–Crippen MR) is 126 cm³/mol. The summed E-state index contributed by atoms with van der Waals surface area (Å²) in [5, 5.41) is 25.7. The van der Waals surface area contributed by atoms with E-state index in [4.69, 9.17) is 11.6 Å². The van der Waals surface area contributed by atoms with Crippen LogP contribution >= 0.6 is 23.4 Å². The van der Waals surface area contributed by atoms with E-state index in [1.807, 2.05) is 19.9 Å². The number of nitrogens with one attached hydrogen (secondary N) is 2. The number of nitro benzene ring substituents is 1. The third-order valence-corrected chi connectivity index (χ3v) is 6.00. The maximum absolute atomic E-state index is 12.4. The predicted octanol–water partition coefficient (Wildman–Crippen LogP) is 3.83. The SMILES string of the molecule is CCn1c(CNC(=O)c2cccc([N+](=O)[O-])c2)nnc1SCC(=O)Nc1ccc(C)c(Cl)c1. The van der Waals surface area contributed by atoms with Gasteiger partial charge in [0.05, 0.1) is 17.2 Å². The fraction of sp³-hybridized carbons (Fsp3) is 0.238.